The smallest absolute Gasteiger partial charge is 0.266 e. The van der Waals surface area contributed by atoms with E-state index in [0.717, 1.165) is 16.5 Å². The van der Waals surface area contributed by atoms with Gasteiger partial charge < -0.3 is 9.72 Å². The highest BCUT2D eigenvalue weighted by Gasteiger charge is 2.13. The van der Waals surface area contributed by atoms with E-state index in [2.05, 4.69) is 40.8 Å². The fraction of sp³-hybridized carbons (Fsp3) is 0.211. The van der Waals surface area contributed by atoms with Gasteiger partial charge in [-0.15, -0.1) is 0 Å². The van der Waals surface area contributed by atoms with Crippen LogP contribution >= 0.6 is 15.9 Å². The average molecular weight is 372 g/mol. The molecular formula is C19H18BrNO2. The van der Waals surface area contributed by atoms with E-state index in [9.17, 15) is 4.79 Å². The maximum atomic E-state index is 12.2. The molecule has 2 aromatic carbocycles. The Morgan fingerprint density at radius 2 is 1.87 bits per heavy atom. The fourth-order valence-corrected chi connectivity index (χ4v) is 2.92. The van der Waals surface area contributed by atoms with Crippen LogP contribution in [0.2, 0.25) is 0 Å². The third-order valence-corrected chi connectivity index (χ3v) is 4.55. The number of halogens is 1. The average Bonchev–Trinajstić information content (AvgIpc) is 2.55. The Hall–Kier alpha value is -2.07. The van der Waals surface area contributed by atoms with Gasteiger partial charge in [0.1, 0.15) is 16.8 Å². The highest BCUT2D eigenvalue weighted by atomic mass is 79.9. The summed E-state index contributed by atoms with van der Waals surface area (Å²) in [7, 11) is 0. The molecule has 0 saturated carbocycles. The molecule has 118 valence electrons. The largest absolute Gasteiger partial charge is 0.487 e. The topological polar surface area (TPSA) is 42.1 Å². The number of nitrogens with one attached hydrogen (secondary N) is 1. The van der Waals surface area contributed by atoms with Gasteiger partial charge in [0.25, 0.3) is 5.56 Å². The van der Waals surface area contributed by atoms with Crippen molar-refractivity contribution in [2.24, 2.45) is 0 Å². The number of hydrogen-bond acceptors (Lipinski definition) is 2. The summed E-state index contributed by atoms with van der Waals surface area (Å²) in [4.78, 5) is 15.1. The van der Waals surface area contributed by atoms with E-state index >= 15 is 0 Å². The minimum atomic E-state index is -0.179. The monoisotopic (exact) mass is 371 g/mol. The summed E-state index contributed by atoms with van der Waals surface area (Å²) < 4.78 is 6.38. The molecular weight excluding hydrogens is 354 g/mol. The molecule has 0 atom stereocenters. The van der Waals surface area contributed by atoms with E-state index in [4.69, 9.17) is 4.74 Å². The van der Waals surface area contributed by atoms with Crippen LogP contribution in [-0.4, -0.2) is 4.98 Å². The molecule has 1 N–H and O–H groups in total. The number of pyridine rings is 1. The molecule has 1 heterocycles. The number of aromatic nitrogens is 1. The number of H-pyrrole nitrogens is 1. The normalized spacial score (nSPS) is 11.1. The third kappa shape index (κ3) is 3.32. The van der Waals surface area contributed by atoms with Crippen LogP contribution in [0.4, 0.5) is 0 Å². The highest BCUT2D eigenvalue weighted by molar-refractivity contribution is 9.10. The molecule has 4 heteroatoms. The van der Waals surface area contributed by atoms with E-state index in [1.54, 1.807) is 0 Å². The Labute approximate surface area is 143 Å². The van der Waals surface area contributed by atoms with E-state index < -0.39 is 0 Å². The van der Waals surface area contributed by atoms with Crippen molar-refractivity contribution in [2.75, 3.05) is 0 Å². The molecule has 1 aromatic heterocycles. The summed E-state index contributed by atoms with van der Waals surface area (Å²) in [5, 5.41) is 0.900. The van der Waals surface area contributed by atoms with Gasteiger partial charge in [-0.3, -0.25) is 4.79 Å². The third-order valence-electron chi connectivity index (χ3n) is 3.83. The van der Waals surface area contributed by atoms with Gasteiger partial charge in [-0.1, -0.05) is 50.2 Å². The minimum Gasteiger partial charge on any atom is -0.487 e. The summed E-state index contributed by atoms with van der Waals surface area (Å²) in [6.07, 6.45) is 0. The van der Waals surface area contributed by atoms with Crippen molar-refractivity contribution in [3.8, 4) is 5.75 Å². The summed E-state index contributed by atoms with van der Waals surface area (Å²) in [5.74, 6) is 0.989. The lowest BCUT2D eigenvalue weighted by atomic mass is 10.0. The second kappa shape index (κ2) is 6.59. The van der Waals surface area contributed by atoms with Crippen LogP contribution in [0, 0.1) is 0 Å². The van der Waals surface area contributed by atoms with Crippen molar-refractivity contribution in [3.05, 3.63) is 74.5 Å². The number of aromatic amines is 1. The van der Waals surface area contributed by atoms with Crippen molar-refractivity contribution in [2.45, 2.75) is 26.4 Å². The van der Waals surface area contributed by atoms with Gasteiger partial charge in [0.2, 0.25) is 0 Å². The first-order valence-electron chi connectivity index (χ1n) is 7.58. The zero-order valence-electron chi connectivity index (χ0n) is 13.1. The quantitative estimate of drug-likeness (QED) is 0.701. The Bertz CT molecular complexity index is 885. The van der Waals surface area contributed by atoms with Crippen LogP contribution in [0.5, 0.6) is 5.75 Å². The van der Waals surface area contributed by atoms with Gasteiger partial charge in [0.15, 0.2) is 0 Å². The molecule has 23 heavy (non-hydrogen) atoms. The van der Waals surface area contributed by atoms with Crippen LogP contribution in [0.25, 0.3) is 10.9 Å². The molecule has 0 fully saturated rings. The van der Waals surface area contributed by atoms with E-state index in [-0.39, 0.29) is 5.56 Å². The molecule has 0 spiro atoms. The second-order valence-electron chi connectivity index (χ2n) is 5.83. The number of fused-ring (bicyclic) bond motifs is 1. The summed E-state index contributed by atoms with van der Waals surface area (Å²) in [5.41, 5.74) is 2.87. The molecule has 3 rings (SSSR count). The zero-order valence-corrected chi connectivity index (χ0v) is 14.7. The van der Waals surface area contributed by atoms with Crippen LogP contribution in [0.15, 0.2) is 57.8 Å². The molecule has 0 radical (unpaired) electrons. The number of ether oxygens (including phenoxy) is 1. The van der Waals surface area contributed by atoms with Crippen molar-refractivity contribution in [3.63, 3.8) is 0 Å². The van der Waals surface area contributed by atoms with Crippen molar-refractivity contribution < 1.29 is 4.74 Å². The second-order valence-corrected chi connectivity index (χ2v) is 6.62. The predicted octanol–water partition coefficient (Wildman–Crippen LogP) is 4.99. The van der Waals surface area contributed by atoms with Crippen LogP contribution < -0.4 is 10.3 Å². The van der Waals surface area contributed by atoms with Gasteiger partial charge in [0.05, 0.1) is 5.52 Å². The van der Waals surface area contributed by atoms with Gasteiger partial charge in [-0.2, -0.15) is 0 Å². The summed E-state index contributed by atoms with van der Waals surface area (Å²) in [6.45, 7) is 4.68. The summed E-state index contributed by atoms with van der Waals surface area (Å²) >= 11 is 3.35. The van der Waals surface area contributed by atoms with Crippen LogP contribution in [0.1, 0.15) is 30.9 Å². The Balaban J connectivity index is 2.04. The van der Waals surface area contributed by atoms with Gasteiger partial charge in [0, 0.05) is 5.39 Å². The van der Waals surface area contributed by atoms with Gasteiger partial charge >= 0.3 is 0 Å². The standard InChI is InChI=1S/C19H18BrNO2/c1-12(2)14-8-9-15-16(10-14)21-19(22)17(20)18(15)23-11-13-6-4-3-5-7-13/h3-10,12H,11H2,1-2H3,(H,21,22). The number of benzene rings is 2. The number of hydrogen-bond donors (Lipinski definition) is 1. The van der Waals surface area contributed by atoms with Gasteiger partial charge in [-0.05, 0) is 45.1 Å². The molecule has 0 saturated heterocycles. The minimum absolute atomic E-state index is 0.179. The molecule has 0 aliphatic carbocycles. The Kier molecular flexibility index (Phi) is 4.53. The molecule has 0 amide bonds. The SMILES string of the molecule is CC(C)c1ccc2c(OCc3ccccc3)c(Br)c(=O)[nH]c2c1. The van der Waals surface area contributed by atoms with Crippen molar-refractivity contribution in [1.29, 1.82) is 0 Å². The first-order chi connectivity index (χ1) is 11.1. The zero-order chi connectivity index (χ0) is 16.4. The Morgan fingerprint density at radius 1 is 1.13 bits per heavy atom. The molecule has 0 bridgehead atoms. The first-order valence-corrected chi connectivity index (χ1v) is 8.37. The maximum absolute atomic E-state index is 12.2. The van der Waals surface area contributed by atoms with Crippen LogP contribution in [0.3, 0.4) is 0 Å². The van der Waals surface area contributed by atoms with Crippen LogP contribution in [-0.2, 0) is 6.61 Å². The van der Waals surface area contributed by atoms with Crippen molar-refractivity contribution in [1.82, 2.24) is 4.98 Å². The van der Waals surface area contributed by atoms with Crippen molar-refractivity contribution >= 4 is 26.8 Å². The fourth-order valence-electron chi connectivity index (χ4n) is 2.49. The lowest BCUT2D eigenvalue weighted by Gasteiger charge is -2.13. The lowest BCUT2D eigenvalue weighted by molar-refractivity contribution is 0.307. The maximum Gasteiger partial charge on any atom is 0.266 e. The molecule has 0 unspecified atom stereocenters. The Morgan fingerprint density at radius 3 is 2.57 bits per heavy atom. The van der Waals surface area contributed by atoms with E-state index in [1.807, 2.05) is 42.5 Å². The van der Waals surface area contributed by atoms with E-state index in [0.29, 0.717) is 22.7 Å². The highest BCUT2D eigenvalue weighted by Crippen LogP contribution is 2.32. The summed E-state index contributed by atoms with van der Waals surface area (Å²) in [6, 6.07) is 16.0. The molecule has 3 nitrogen and oxygen atoms in total. The molecule has 3 aromatic rings. The van der Waals surface area contributed by atoms with Gasteiger partial charge in [-0.25, -0.2) is 0 Å². The predicted molar refractivity (Wildman–Crippen MR) is 97.1 cm³/mol. The lowest BCUT2D eigenvalue weighted by Crippen LogP contribution is -2.10. The number of rotatable bonds is 4. The first kappa shape index (κ1) is 15.8. The molecule has 0 aliphatic heterocycles. The molecule has 0 aliphatic rings. The van der Waals surface area contributed by atoms with E-state index in [1.165, 1.54) is 5.56 Å².